The van der Waals surface area contributed by atoms with Crippen molar-refractivity contribution in [1.82, 2.24) is 10.2 Å². The first-order valence-electron chi connectivity index (χ1n) is 7.52. The quantitative estimate of drug-likeness (QED) is 0.838. The molecule has 3 rings (SSSR count). The van der Waals surface area contributed by atoms with E-state index >= 15 is 0 Å². The molecule has 0 aromatic heterocycles. The van der Waals surface area contributed by atoms with Gasteiger partial charge in [0.05, 0.1) is 6.10 Å². The summed E-state index contributed by atoms with van der Waals surface area (Å²) in [4.78, 5) is 14.1. The molecule has 2 fully saturated rings. The highest BCUT2D eigenvalue weighted by atomic mass is 19.1. The summed E-state index contributed by atoms with van der Waals surface area (Å²) in [5.41, 5.74) is 2.01. The molecule has 0 bridgehead atoms. The maximum atomic E-state index is 13.3. The van der Waals surface area contributed by atoms with Crippen LogP contribution in [0.1, 0.15) is 24.0 Å². The van der Waals surface area contributed by atoms with Gasteiger partial charge < -0.3 is 10.1 Å². The fraction of sp³-hybridized carbons (Fsp3) is 0.562. The van der Waals surface area contributed by atoms with Crippen LogP contribution >= 0.6 is 0 Å². The van der Waals surface area contributed by atoms with E-state index in [0.717, 1.165) is 37.1 Å². The van der Waals surface area contributed by atoms with Crippen molar-refractivity contribution in [2.45, 2.75) is 38.5 Å². The topological polar surface area (TPSA) is 41.3 Å². The molecule has 1 amide bonds. The average molecular weight is 292 g/mol. The van der Waals surface area contributed by atoms with Gasteiger partial charge in [-0.05, 0) is 43.0 Å². The van der Waals surface area contributed by atoms with Crippen LogP contribution in [0.4, 0.5) is 4.39 Å². The second-order valence-corrected chi connectivity index (χ2v) is 5.90. The van der Waals surface area contributed by atoms with Crippen LogP contribution in [0.15, 0.2) is 18.2 Å². The van der Waals surface area contributed by atoms with Crippen LogP contribution in [0.25, 0.3) is 0 Å². The van der Waals surface area contributed by atoms with E-state index in [1.54, 1.807) is 12.1 Å². The number of ether oxygens (including phenoxy) is 1. The number of aryl methyl sites for hydroxylation is 1. The Balaban J connectivity index is 1.47. The molecule has 3 atom stereocenters. The maximum absolute atomic E-state index is 13.3. The highest BCUT2D eigenvalue weighted by Crippen LogP contribution is 2.23. The minimum atomic E-state index is -0.225. The molecule has 3 unspecified atom stereocenters. The molecule has 2 heterocycles. The zero-order valence-corrected chi connectivity index (χ0v) is 12.3. The van der Waals surface area contributed by atoms with Crippen molar-refractivity contribution in [3.63, 3.8) is 0 Å². The van der Waals surface area contributed by atoms with E-state index in [4.69, 9.17) is 4.74 Å². The lowest BCUT2D eigenvalue weighted by Crippen LogP contribution is -2.35. The fourth-order valence-corrected chi connectivity index (χ4v) is 2.77. The van der Waals surface area contributed by atoms with Gasteiger partial charge in [-0.15, -0.1) is 0 Å². The SMILES string of the molecule is Cc1ccc(F)cc1CN1CC1C(=O)NCC1CCCO1. The summed E-state index contributed by atoms with van der Waals surface area (Å²) in [6.07, 6.45) is 2.28. The third-order valence-electron chi connectivity index (χ3n) is 4.23. The van der Waals surface area contributed by atoms with Gasteiger partial charge in [0, 0.05) is 26.2 Å². The number of hydrogen-bond donors (Lipinski definition) is 1. The van der Waals surface area contributed by atoms with Crippen LogP contribution in [0.2, 0.25) is 0 Å². The summed E-state index contributed by atoms with van der Waals surface area (Å²) >= 11 is 0. The molecular formula is C16H21FN2O2. The Kier molecular flexibility index (Phi) is 4.22. The molecule has 21 heavy (non-hydrogen) atoms. The van der Waals surface area contributed by atoms with Gasteiger partial charge in [0.15, 0.2) is 0 Å². The summed E-state index contributed by atoms with van der Waals surface area (Å²) in [6.45, 7) is 4.73. The Morgan fingerprint density at radius 2 is 2.38 bits per heavy atom. The number of hydrogen-bond acceptors (Lipinski definition) is 3. The number of benzene rings is 1. The molecule has 0 aliphatic carbocycles. The normalized spacial score (nSPS) is 27.6. The number of rotatable bonds is 5. The number of carbonyl (C=O) groups excluding carboxylic acids is 1. The van der Waals surface area contributed by atoms with Crippen molar-refractivity contribution in [3.05, 3.63) is 35.1 Å². The molecule has 114 valence electrons. The largest absolute Gasteiger partial charge is 0.376 e. The molecule has 2 saturated heterocycles. The van der Waals surface area contributed by atoms with Crippen molar-refractivity contribution < 1.29 is 13.9 Å². The van der Waals surface area contributed by atoms with Crippen LogP contribution in [0.3, 0.4) is 0 Å². The lowest BCUT2D eigenvalue weighted by atomic mass is 10.1. The van der Waals surface area contributed by atoms with Crippen molar-refractivity contribution in [1.29, 1.82) is 0 Å². The lowest BCUT2D eigenvalue weighted by molar-refractivity contribution is -0.121. The zero-order valence-electron chi connectivity index (χ0n) is 12.3. The minimum Gasteiger partial charge on any atom is -0.376 e. The summed E-state index contributed by atoms with van der Waals surface area (Å²) in [5, 5.41) is 2.95. The third kappa shape index (κ3) is 3.60. The molecule has 0 spiro atoms. The molecular weight excluding hydrogens is 271 g/mol. The maximum Gasteiger partial charge on any atom is 0.238 e. The summed E-state index contributed by atoms with van der Waals surface area (Å²) in [5.74, 6) is -0.170. The number of nitrogens with zero attached hydrogens (tertiary/aromatic N) is 1. The molecule has 2 aliphatic heterocycles. The first kappa shape index (κ1) is 14.5. The van der Waals surface area contributed by atoms with Gasteiger partial charge in [-0.2, -0.15) is 0 Å². The van der Waals surface area contributed by atoms with Gasteiger partial charge in [0.1, 0.15) is 11.9 Å². The van der Waals surface area contributed by atoms with Crippen LogP contribution in [0, 0.1) is 12.7 Å². The van der Waals surface area contributed by atoms with E-state index in [0.29, 0.717) is 13.1 Å². The van der Waals surface area contributed by atoms with E-state index in [-0.39, 0.29) is 23.9 Å². The van der Waals surface area contributed by atoms with Crippen molar-refractivity contribution in [3.8, 4) is 0 Å². The predicted molar refractivity (Wildman–Crippen MR) is 77.3 cm³/mol. The smallest absolute Gasteiger partial charge is 0.238 e. The standard InChI is InChI=1S/C16H21FN2O2/c1-11-4-5-13(17)7-12(11)9-19-10-15(19)16(20)18-8-14-3-2-6-21-14/h4-5,7,14-15H,2-3,6,8-10H2,1H3,(H,18,20). The molecule has 0 saturated carbocycles. The number of halogens is 1. The van der Waals surface area contributed by atoms with E-state index in [1.807, 2.05) is 11.8 Å². The molecule has 1 aromatic rings. The van der Waals surface area contributed by atoms with Crippen LogP contribution in [-0.4, -0.2) is 42.6 Å². The van der Waals surface area contributed by atoms with Gasteiger partial charge in [-0.1, -0.05) is 6.07 Å². The van der Waals surface area contributed by atoms with Crippen molar-refractivity contribution in [2.24, 2.45) is 0 Å². The molecule has 0 radical (unpaired) electrons. The van der Waals surface area contributed by atoms with Gasteiger partial charge in [-0.3, -0.25) is 9.69 Å². The average Bonchev–Trinajstić information content (AvgIpc) is 3.03. The first-order chi connectivity index (χ1) is 10.1. The van der Waals surface area contributed by atoms with Gasteiger partial charge in [0.2, 0.25) is 5.91 Å². The number of carbonyl (C=O) groups is 1. The molecule has 2 aliphatic rings. The summed E-state index contributed by atoms with van der Waals surface area (Å²) < 4.78 is 18.7. The monoisotopic (exact) mass is 292 g/mol. The van der Waals surface area contributed by atoms with Crippen LogP contribution in [0.5, 0.6) is 0 Å². The number of amides is 1. The van der Waals surface area contributed by atoms with E-state index in [2.05, 4.69) is 5.32 Å². The molecule has 1 aromatic carbocycles. The van der Waals surface area contributed by atoms with E-state index < -0.39 is 0 Å². The Morgan fingerprint density at radius 1 is 1.52 bits per heavy atom. The highest BCUT2D eigenvalue weighted by molar-refractivity contribution is 5.84. The molecule has 4 nitrogen and oxygen atoms in total. The van der Waals surface area contributed by atoms with Gasteiger partial charge in [0.25, 0.3) is 0 Å². The van der Waals surface area contributed by atoms with Crippen LogP contribution in [-0.2, 0) is 16.1 Å². The highest BCUT2D eigenvalue weighted by Gasteiger charge is 2.40. The van der Waals surface area contributed by atoms with Crippen molar-refractivity contribution in [2.75, 3.05) is 19.7 Å². The second kappa shape index (κ2) is 6.12. The molecule has 1 N–H and O–H groups in total. The Morgan fingerprint density at radius 3 is 3.14 bits per heavy atom. The Labute approximate surface area is 124 Å². The summed E-state index contributed by atoms with van der Waals surface area (Å²) in [6, 6.07) is 4.72. The lowest BCUT2D eigenvalue weighted by Gasteiger charge is -2.11. The number of nitrogens with one attached hydrogen (secondary N) is 1. The molecule has 5 heteroatoms. The summed E-state index contributed by atoms with van der Waals surface area (Å²) in [7, 11) is 0. The predicted octanol–water partition coefficient (Wildman–Crippen LogP) is 1.61. The van der Waals surface area contributed by atoms with E-state index in [1.165, 1.54) is 6.07 Å². The van der Waals surface area contributed by atoms with Gasteiger partial charge >= 0.3 is 0 Å². The second-order valence-electron chi connectivity index (χ2n) is 5.90. The van der Waals surface area contributed by atoms with Crippen LogP contribution < -0.4 is 5.32 Å². The Hall–Kier alpha value is -1.46. The minimum absolute atomic E-state index is 0.0551. The van der Waals surface area contributed by atoms with Gasteiger partial charge in [-0.25, -0.2) is 4.39 Å². The first-order valence-corrected chi connectivity index (χ1v) is 7.52. The Bertz CT molecular complexity index is 529. The zero-order chi connectivity index (χ0) is 14.8. The fourth-order valence-electron chi connectivity index (χ4n) is 2.77. The van der Waals surface area contributed by atoms with E-state index in [9.17, 15) is 9.18 Å². The van der Waals surface area contributed by atoms with Crippen molar-refractivity contribution >= 4 is 5.91 Å². The third-order valence-corrected chi connectivity index (χ3v) is 4.23.